The molecular formula is C24H34N2. The first kappa shape index (κ1) is 19.1. The van der Waals surface area contributed by atoms with Crippen LogP contribution in [-0.4, -0.2) is 6.54 Å². The lowest BCUT2D eigenvalue weighted by molar-refractivity contribution is 0.0580. The zero-order chi connectivity index (χ0) is 18.8. The fraction of sp³-hybridized carbons (Fsp3) is 0.500. The molecule has 2 atom stereocenters. The SMILES string of the molecule is CC(C)(NCC1CCC(N)(c2ccccc2)C(C)(C)C1)c1ccccc1. The van der Waals surface area contributed by atoms with E-state index in [2.05, 4.69) is 93.7 Å². The molecule has 2 nitrogen and oxygen atoms in total. The van der Waals surface area contributed by atoms with Crippen LogP contribution in [0.3, 0.4) is 0 Å². The Morgan fingerprint density at radius 2 is 1.58 bits per heavy atom. The lowest BCUT2D eigenvalue weighted by atomic mass is 9.58. The smallest absolute Gasteiger partial charge is 0.0461 e. The van der Waals surface area contributed by atoms with Crippen LogP contribution in [0, 0.1) is 11.3 Å². The molecule has 1 aliphatic carbocycles. The predicted molar refractivity (Wildman–Crippen MR) is 111 cm³/mol. The van der Waals surface area contributed by atoms with Gasteiger partial charge in [-0.2, -0.15) is 0 Å². The van der Waals surface area contributed by atoms with Gasteiger partial charge in [0.05, 0.1) is 0 Å². The van der Waals surface area contributed by atoms with Gasteiger partial charge in [0.1, 0.15) is 0 Å². The molecule has 2 unspecified atom stereocenters. The van der Waals surface area contributed by atoms with Gasteiger partial charge in [0.2, 0.25) is 0 Å². The fourth-order valence-corrected chi connectivity index (χ4v) is 4.58. The van der Waals surface area contributed by atoms with Crippen molar-refractivity contribution in [2.45, 2.75) is 58.0 Å². The van der Waals surface area contributed by atoms with E-state index in [-0.39, 0.29) is 16.5 Å². The molecule has 140 valence electrons. The third kappa shape index (κ3) is 3.72. The first-order valence-electron chi connectivity index (χ1n) is 9.90. The van der Waals surface area contributed by atoms with E-state index in [1.807, 2.05) is 0 Å². The van der Waals surface area contributed by atoms with Gasteiger partial charge in [0.25, 0.3) is 0 Å². The second-order valence-corrected chi connectivity index (χ2v) is 9.20. The van der Waals surface area contributed by atoms with Gasteiger partial charge in [-0.3, -0.25) is 0 Å². The summed E-state index contributed by atoms with van der Waals surface area (Å²) in [6, 6.07) is 21.4. The molecule has 0 aromatic heterocycles. The third-order valence-electron chi connectivity index (χ3n) is 6.57. The molecule has 1 fully saturated rings. The quantitative estimate of drug-likeness (QED) is 0.778. The minimum atomic E-state index is -0.236. The predicted octanol–water partition coefficient (Wildman–Crippen LogP) is 5.19. The molecule has 0 aliphatic heterocycles. The molecule has 2 heteroatoms. The minimum Gasteiger partial charge on any atom is -0.321 e. The standard InChI is InChI=1S/C24H34N2/c1-22(2)17-19(15-16-24(22,25)21-13-9-6-10-14-21)18-26-23(3,4)20-11-7-5-8-12-20/h5-14,19,26H,15-18,25H2,1-4H3. The average Bonchev–Trinajstić information content (AvgIpc) is 2.64. The molecule has 0 bridgehead atoms. The zero-order valence-corrected chi connectivity index (χ0v) is 16.8. The summed E-state index contributed by atoms with van der Waals surface area (Å²) in [7, 11) is 0. The largest absolute Gasteiger partial charge is 0.321 e. The van der Waals surface area contributed by atoms with Gasteiger partial charge in [-0.15, -0.1) is 0 Å². The Bertz CT molecular complexity index is 706. The number of nitrogens with one attached hydrogen (secondary N) is 1. The molecule has 2 aromatic rings. The van der Waals surface area contributed by atoms with Crippen molar-refractivity contribution in [3.63, 3.8) is 0 Å². The summed E-state index contributed by atoms with van der Waals surface area (Å²) in [4.78, 5) is 0. The summed E-state index contributed by atoms with van der Waals surface area (Å²) >= 11 is 0. The summed E-state index contributed by atoms with van der Waals surface area (Å²) in [5.41, 5.74) is 9.42. The van der Waals surface area contributed by atoms with Crippen LogP contribution in [0.1, 0.15) is 58.1 Å². The van der Waals surface area contributed by atoms with Crippen molar-refractivity contribution < 1.29 is 0 Å². The molecule has 0 heterocycles. The molecule has 0 radical (unpaired) electrons. The third-order valence-corrected chi connectivity index (χ3v) is 6.57. The van der Waals surface area contributed by atoms with E-state index in [9.17, 15) is 0 Å². The van der Waals surface area contributed by atoms with E-state index < -0.39 is 0 Å². The van der Waals surface area contributed by atoms with E-state index in [1.165, 1.54) is 17.5 Å². The fourth-order valence-electron chi connectivity index (χ4n) is 4.58. The summed E-state index contributed by atoms with van der Waals surface area (Å²) in [6.07, 6.45) is 3.37. The van der Waals surface area contributed by atoms with Crippen LogP contribution < -0.4 is 11.1 Å². The van der Waals surface area contributed by atoms with Gasteiger partial charge in [-0.25, -0.2) is 0 Å². The van der Waals surface area contributed by atoms with Crippen LogP contribution in [0.15, 0.2) is 60.7 Å². The topological polar surface area (TPSA) is 38.0 Å². The normalized spacial score (nSPS) is 25.8. The molecule has 0 amide bonds. The van der Waals surface area contributed by atoms with Gasteiger partial charge in [0, 0.05) is 11.1 Å². The minimum absolute atomic E-state index is 0.0118. The van der Waals surface area contributed by atoms with Crippen LogP contribution in [0.2, 0.25) is 0 Å². The van der Waals surface area contributed by atoms with Gasteiger partial charge < -0.3 is 11.1 Å². The average molecular weight is 351 g/mol. The van der Waals surface area contributed by atoms with Crippen molar-refractivity contribution in [1.29, 1.82) is 0 Å². The molecule has 0 spiro atoms. The second kappa shape index (κ2) is 7.17. The van der Waals surface area contributed by atoms with Crippen molar-refractivity contribution in [3.8, 4) is 0 Å². The molecule has 3 rings (SSSR count). The Balaban J connectivity index is 1.67. The summed E-state index contributed by atoms with van der Waals surface area (Å²) in [5.74, 6) is 0.661. The molecule has 3 N–H and O–H groups in total. The second-order valence-electron chi connectivity index (χ2n) is 9.20. The van der Waals surface area contributed by atoms with Crippen LogP contribution in [0.25, 0.3) is 0 Å². The molecule has 26 heavy (non-hydrogen) atoms. The first-order valence-corrected chi connectivity index (χ1v) is 9.90. The van der Waals surface area contributed by atoms with Crippen LogP contribution in [-0.2, 0) is 11.1 Å². The lowest BCUT2D eigenvalue weighted by Crippen LogP contribution is -2.54. The number of hydrogen-bond donors (Lipinski definition) is 2. The molecule has 2 aromatic carbocycles. The van der Waals surface area contributed by atoms with E-state index in [0.29, 0.717) is 5.92 Å². The highest BCUT2D eigenvalue weighted by Gasteiger charge is 2.47. The molecular weight excluding hydrogens is 316 g/mol. The van der Waals surface area contributed by atoms with Gasteiger partial charge in [0.15, 0.2) is 0 Å². The first-order chi connectivity index (χ1) is 12.2. The van der Waals surface area contributed by atoms with Crippen molar-refractivity contribution >= 4 is 0 Å². The number of hydrogen-bond acceptors (Lipinski definition) is 2. The monoisotopic (exact) mass is 350 g/mol. The maximum absolute atomic E-state index is 6.97. The zero-order valence-electron chi connectivity index (χ0n) is 16.8. The lowest BCUT2D eigenvalue weighted by Gasteiger charge is -2.51. The van der Waals surface area contributed by atoms with E-state index in [0.717, 1.165) is 19.4 Å². The van der Waals surface area contributed by atoms with Crippen LogP contribution in [0.4, 0.5) is 0 Å². The Morgan fingerprint density at radius 3 is 2.15 bits per heavy atom. The number of rotatable bonds is 5. The van der Waals surface area contributed by atoms with Gasteiger partial charge >= 0.3 is 0 Å². The molecule has 1 saturated carbocycles. The van der Waals surface area contributed by atoms with Crippen molar-refractivity contribution in [3.05, 3.63) is 71.8 Å². The maximum atomic E-state index is 6.97. The number of benzene rings is 2. The van der Waals surface area contributed by atoms with E-state index in [4.69, 9.17) is 5.73 Å². The van der Waals surface area contributed by atoms with Crippen molar-refractivity contribution in [2.24, 2.45) is 17.1 Å². The highest BCUT2D eigenvalue weighted by Crippen LogP contribution is 2.50. The molecule has 0 saturated heterocycles. The highest BCUT2D eigenvalue weighted by atomic mass is 15.0. The highest BCUT2D eigenvalue weighted by molar-refractivity contribution is 5.28. The number of nitrogens with two attached hydrogens (primary N) is 1. The van der Waals surface area contributed by atoms with Crippen LogP contribution in [0.5, 0.6) is 0 Å². The van der Waals surface area contributed by atoms with Gasteiger partial charge in [-0.05, 0) is 62.1 Å². The van der Waals surface area contributed by atoms with Gasteiger partial charge in [-0.1, -0.05) is 74.5 Å². The van der Waals surface area contributed by atoms with Crippen molar-refractivity contribution in [1.82, 2.24) is 5.32 Å². The van der Waals surface area contributed by atoms with Crippen molar-refractivity contribution in [2.75, 3.05) is 6.54 Å². The Labute approximate surface area is 159 Å². The van der Waals surface area contributed by atoms with Crippen LogP contribution >= 0.6 is 0 Å². The molecule has 1 aliphatic rings. The summed E-state index contributed by atoms with van der Waals surface area (Å²) < 4.78 is 0. The summed E-state index contributed by atoms with van der Waals surface area (Å²) in [5, 5.41) is 3.81. The maximum Gasteiger partial charge on any atom is 0.0461 e. The van der Waals surface area contributed by atoms with E-state index >= 15 is 0 Å². The Hall–Kier alpha value is -1.64. The Kier molecular flexibility index (Phi) is 5.28. The summed E-state index contributed by atoms with van der Waals surface area (Å²) in [6.45, 7) is 10.3. The van der Waals surface area contributed by atoms with E-state index in [1.54, 1.807) is 0 Å². The Morgan fingerprint density at radius 1 is 1.00 bits per heavy atom.